The van der Waals surface area contributed by atoms with Crippen LogP contribution in [0.25, 0.3) is 5.70 Å². The summed E-state index contributed by atoms with van der Waals surface area (Å²) in [5.74, 6) is -1.47. The lowest BCUT2D eigenvalue weighted by molar-refractivity contribution is -0.129. The van der Waals surface area contributed by atoms with Crippen molar-refractivity contribution >= 4 is 23.5 Å². The van der Waals surface area contributed by atoms with Gasteiger partial charge in [0.25, 0.3) is 0 Å². The minimum atomic E-state index is -0.817. The van der Waals surface area contributed by atoms with Crippen LogP contribution in [0.15, 0.2) is 16.8 Å². The number of amides is 2. The van der Waals surface area contributed by atoms with Crippen molar-refractivity contribution in [2.45, 2.75) is 46.2 Å². The molecule has 4 N–H and O–H groups in total. The molecule has 0 saturated carbocycles. The van der Waals surface area contributed by atoms with E-state index in [4.69, 9.17) is 10.2 Å². The maximum atomic E-state index is 12.3. The highest BCUT2D eigenvalue weighted by Crippen LogP contribution is 2.12. The molecule has 2 amide bonds. The zero-order chi connectivity index (χ0) is 19.9. The third-order valence-corrected chi connectivity index (χ3v) is 3.99. The molecule has 1 aromatic rings. The molecule has 1 rings (SSSR count). The molecule has 0 fully saturated rings. The number of nitrogens with two attached hydrogens (primary N) is 1. The van der Waals surface area contributed by atoms with Crippen LogP contribution in [0.2, 0.25) is 0 Å². The van der Waals surface area contributed by atoms with Crippen molar-refractivity contribution in [1.29, 1.82) is 0 Å². The first kappa shape index (κ1) is 21.4. The molecule has 0 aromatic carbocycles. The van der Waals surface area contributed by atoms with Crippen molar-refractivity contribution < 1.29 is 23.5 Å². The van der Waals surface area contributed by atoms with Gasteiger partial charge in [-0.2, -0.15) is 0 Å². The van der Waals surface area contributed by atoms with Crippen LogP contribution in [0.5, 0.6) is 0 Å². The van der Waals surface area contributed by atoms with Gasteiger partial charge in [0, 0.05) is 0 Å². The minimum absolute atomic E-state index is 0.000390. The normalized spacial score (nSPS) is 14.9. The molecule has 0 bridgehead atoms. The quantitative estimate of drug-likeness (QED) is 0.579. The van der Waals surface area contributed by atoms with Crippen molar-refractivity contribution in [3.63, 3.8) is 0 Å². The Morgan fingerprint density at radius 2 is 2.00 bits per heavy atom. The number of methoxy groups -OCH3 is 1. The lowest BCUT2D eigenvalue weighted by Gasteiger charge is -2.21. The Labute approximate surface area is 152 Å². The largest absolute Gasteiger partial charge is 0.464 e. The fourth-order valence-electron chi connectivity index (χ4n) is 1.97. The molecule has 3 atom stereocenters. The SMILES string of the molecule is C/C=C(/NC(=O)[C@H](C)NC(=O)[C@H](N)[C@@H](C)CC)c1nc(C(=O)OC)co1. The number of hydrogen-bond acceptors (Lipinski definition) is 7. The Kier molecular flexibility index (Phi) is 7.98. The predicted molar refractivity (Wildman–Crippen MR) is 94.7 cm³/mol. The highest BCUT2D eigenvalue weighted by atomic mass is 16.5. The van der Waals surface area contributed by atoms with Gasteiger partial charge in [-0.05, 0) is 19.8 Å². The third-order valence-electron chi connectivity index (χ3n) is 3.99. The summed E-state index contributed by atoms with van der Waals surface area (Å²) < 4.78 is 9.73. The van der Waals surface area contributed by atoms with Crippen LogP contribution in [0.3, 0.4) is 0 Å². The number of nitrogens with one attached hydrogen (secondary N) is 2. The maximum Gasteiger partial charge on any atom is 0.360 e. The fourth-order valence-corrected chi connectivity index (χ4v) is 1.97. The lowest BCUT2D eigenvalue weighted by atomic mass is 9.99. The summed E-state index contributed by atoms with van der Waals surface area (Å²) >= 11 is 0. The van der Waals surface area contributed by atoms with Gasteiger partial charge < -0.3 is 25.5 Å². The Bertz CT molecular complexity index is 682. The second-order valence-corrected chi connectivity index (χ2v) is 5.86. The molecule has 1 heterocycles. The van der Waals surface area contributed by atoms with E-state index in [1.54, 1.807) is 19.9 Å². The van der Waals surface area contributed by atoms with E-state index in [1.807, 2.05) is 13.8 Å². The molecule has 26 heavy (non-hydrogen) atoms. The number of oxazole rings is 1. The molecule has 0 aliphatic rings. The zero-order valence-corrected chi connectivity index (χ0v) is 15.7. The zero-order valence-electron chi connectivity index (χ0n) is 15.7. The van der Waals surface area contributed by atoms with E-state index in [1.165, 1.54) is 7.11 Å². The molecule has 0 spiro atoms. The monoisotopic (exact) mass is 366 g/mol. The number of rotatable bonds is 8. The van der Waals surface area contributed by atoms with Gasteiger partial charge in [0.1, 0.15) is 12.3 Å². The molecule has 9 nitrogen and oxygen atoms in total. The molecular weight excluding hydrogens is 340 g/mol. The van der Waals surface area contributed by atoms with E-state index in [0.717, 1.165) is 12.7 Å². The molecule has 0 saturated heterocycles. The Hall–Kier alpha value is -2.68. The highest BCUT2D eigenvalue weighted by Gasteiger charge is 2.24. The molecule has 0 radical (unpaired) electrons. The standard InChI is InChI=1S/C17H26N4O5/c1-6-9(3)13(18)15(23)19-10(4)14(22)20-11(7-2)16-21-12(8-26-16)17(24)25-5/h7-10,13H,6,18H2,1-5H3,(H,19,23)(H,20,22)/b11-7+/t9-,10-,13+/m0/s1. The van der Waals surface area contributed by atoms with Gasteiger partial charge >= 0.3 is 5.97 Å². The number of allylic oxidation sites excluding steroid dienone is 1. The first-order valence-electron chi connectivity index (χ1n) is 8.32. The van der Waals surface area contributed by atoms with E-state index in [9.17, 15) is 14.4 Å². The lowest BCUT2D eigenvalue weighted by Crippen LogP contribution is -2.51. The first-order valence-corrected chi connectivity index (χ1v) is 8.32. The van der Waals surface area contributed by atoms with Crippen LogP contribution >= 0.6 is 0 Å². The number of ether oxygens (including phenoxy) is 1. The summed E-state index contributed by atoms with van der Waals surface area (Å²) in [4.78, 5) is 39.8. The van der Waals surface area contributed by atoms with Crippen LogP contribution in [-0.2, 0) is 14.3 Å². The van der Waals surface area contributed by atoms with Crippen molar-refractivity contribution in [3.05, 3.63) is 23.9 Å². The van der Waals surface area contributed by atoms with Gasteiger partial charge in [-0.3, -0.25) is 9.59 Å². The van der Waals surface area contributed by atoms with Gasteiger partial charge in [0.15, 0.2) is 5.69 Å². The van der Waals surface area contributed by atoms with E-state index in [2.05, 4.69) is 20.4 Å². The van der Waals surface area contributed by atoms with E-state index in [-0.39, 0.29) is 23.2 Å². The smallest absolute Gasteiger partial charge is 0.360 e. The van der Waals surface area contributed by atoms with Gasteiger partial charge in [-0.1, -0.05) is 26.3 Å². The van der Waals surface area contributed by atoms with Crippen LogP contribution in [0.1, 0.15) is 50.5 Å². The van der Waals surface area contributed by atoms with E-state index < -0.39 is 29.9 Å². The summed E-state index contributed by atoms with van der Waals surface area (Å²) in [6.45, 7) is 7.01. The molecule has 0 aliphatic heterocycles. The fraction of sp³-hybridized carbons (Fsp3) is 0.529. The first-order chi connectivity index (χ1) is 12.2. The summed E-state index contributed by atoms with van der Waals surface area (Å²) in [5, 5.41) is 5.18. The van der Waals surface area contributed by atoms with E-state index >= 15 is 0 Å². The minimum Gasteiger partial charge on any atom is -0.464 e. The van der Waals surface area contributed by atoms with Crippen LogP contribution < -0.4 is 16.4 Å². The summed E-state index contributed by atoms with van der Waals surface area (Å²) in [7, 11) is 1.23. The van der Waals surface area contributed by atoms with Crippen LogP contribution in [-0.4, -0.2) is 42.0 Å². The average Bonchev–Trinajstić information content (AvgIpc) is 3.13. The van der Waals surface area contributed by atoms with Crippen molar-refractivity contribution in [3.8, 4) is 0 Å². The van der Waals surface area contributed by atoms with Crippen molar-refractivity contribution in [2.75, 3.05) is 7.11 Å². The third kappa shape index (κ3) is 5.41. The second-order valence-electron chi connectivity index (χ2n) is 5.86. The van der Waals surface area contributed by atoms with Gasteiger partial charge in [-0.15, -0.1) is 0 Å². The second kappa shape index (κ2) is 9.71. The molecule has 0 aliphatic carbocycles. The van der Waals surface area contributed by atoms with Gasteiger partial charge in [0.05, 0.1) is 18.8 Å². The highest BCUT2D eigenvalue weighted by molar-refractivity contribution is 5.93. The number of hydrogen-bond donors (Lipinski definition) is 3. The van der Waals surface area contributed by atoms with E-state index in [0.29, 0.717) is 0 Å². The summed E-state index contributed by atoms with van der Waals surface area (Å²) in [5.41, 5.74) is 6.10. The number of aromatic nitrogens is 1. The molecule has 0 unspecified atom stereocenters. The molecule has 144 valence electrons. The Balaban J connectivity index is 2.73. The van der Waals surface area contributed by atoms with Crippen LogP contribution in [0.4, 0.5) is 0 Å². The predicted octanol–water partition coefficient (Wildman–Crippen LogP) is 0.816. The van der Waals surface area contributed by atoms with Crippen molar-refractivity contribution in [1.82, 2.24) is 15.6 Å². The Morgan fingerprint density at radius 3 is 2.54 bits per heavy atom. The van der Waals surface area contributed by atoms with Gasteiger partial charge in [-0.25, -0.2) is 9.78 Å². The molecule has 9 heteroatoms. The maximum absolute atomic E-state index is 12.3. The Morgan fingerprint density at radius 1 is 1.35 bits per heavy atom. The topological polar surface area (TPSA) is 137 Å². The van der Waals surface area contributed by atoms with Gasteiger partial charge in [0.2, 0.25) is 17.7 Å². The molecule has 1 aromatic heterocycles. The number of esters is 1. The van der Waals surface area contributed by atoms with Crippen LogP contribution in [0, 0.1) is 5.92 Å². The number of nitrogens with zero attached hydrogens (tertiary/aromatic N) is 1. The molecular formula is C17H26N4O5. The summed E-state index contributed by atoms with van der Waals surface area (Å²) in [6, 6.07) is -1.51. The average molecular weight is 366 g/mol. The van der Waals surface area contributed by atoms with Crippen molar-refractivity contribution in [2.24, 2.45) is 11.7 Å². The number of carbonyl (C=O) groups is 3. The summed E-state index contributed by atoms with van der Waals surface area (Å²) in [6.07, 6.45) is 3.45. The number of carbonyl (C=O) groups excluding carboxylic acids is 3.